The molecular formula is C11H14N6O4. The summed E-state index contributed by atoms with van der Waals surface area (Å²) >= 11 is 0. The molecule has 0 N–H and O–H groups in total. The highest BCUT2D eigenvalue weighted by Crippen LogP contribution is 2.42. The number of esters is 1. The third kappa shape index (κ3) is 2.53. The molecule has 10 heteroatoms. The molecule has 2 fully saturated rings. The molecule has 0 bridgehead atoms. The maximum Gasteiger partial charge on any atom is 0.318 e. The molecule has 21 heavy (non-hydrogen) atoms. The van der Waals surface area contributed by atoms with Crippen LogP contribution in [0, 0.1) is 0 Å². The summed E-state index contributed by atoms with van der Waals surface area (Å²) in [5, 5.41) is 6.86. The molecule has 0 aliphatic carbocycles. The number of fused-ring (bicyclic) bond motifs is 1. The zero-order valence-electron chi connectivity index (χ0n) is 11.5. The van der Waals surface area contributed by atoms with Gasteiger partial charge in [0.1, 0.15) is 12.2 Å². The SMILES string of the molecule is C=CC1(CN=[N+]=[N-])OC(=O)[C@H](N=[N+]=[N-])C2OC(C)(C)O[C@H]21. The van der Waals surface area contributed by atoms with E-state index in [4.69, 9.17) is 25.3 Å². The number of hydrogen-bond acceptors (Lipinski definition) is 6. The fourth-order valence-electron chi connectivity index (χ4n) is 2.49. The Morgan fingerprint density at radius 2 is 2.10 bits per heavy atom. The van der Waals surface area contributed by atoms with Crippen LogP contribution < -0.4 is 0 Å². The summed E-state index contributed by atoms with van der Waals surface area (Å²) in [6.45, 7) is 6.75. The highest BCUT2D eigenvalue weighted by Gasteiger charge is 2.61. The molecule has 2 heterocycles. The highest BCUT2D eigenvalue weighted by molar-refractivity contribution is 5.79. The van der Waals surface area contributed by atoms with Crippen molar-refractivity contribution in [3.63, 3.8) is 0 Å². The van der Waals surface area contributed by atoms with Gasteiger partial charge in [0.05, 0.1) is 6.54 Å². The summed E-state index contributed by atoms with van der Waals surface area (Å²) in [5.41, 5.74) is 15.7. The summed E-state index contributed by atoms with van der Waals surface area (Å²) < 4.78 is 16.7. The van der Waals surface area contributed by atoms with Crippen LogP contribution in [0.25, 0.3) is 20.9 Å². The van der Waals surface area contributed by atoms with Crippen LogP contribution in [-0.4, -0.2) is 42.2 Å². The lowest BCUT2D eigenvalue weighted by molar-refractivity contribution is -0.185. The van der Waals surface area contributed by atoms with Gasteiger partial charge in [0, 0.05) is 9.82 Å². The number of cyclic esters (lactones) is 1. The van der Waals surface area contributed by atoms with Crippen molar-refractivity contribution < 1.29 is 19.0 Å². The third-order valence-corrected chi connectivity index (χ3v) is 3.36. The monoisotopic (exact) mass is 294 g/mol. The molecule has 0 spiro atoms. The van der Waals surface area contributed by atoms with E-state index in [0.717, 1.165) is 0 Å². The molecular weight excluding hydrogens is 280 g/mol. The fraction of sp³-hybridized carbons (Fsp3) is 0.727. The van der Waals surface area contributed by atoms with Gasteiger partial charge in [-0.05, 0) is 31.0 Å². The van der Waals surface area contributed by atoms with Gasteiger partial charge in [0.2, 0.25) is 0 Å². The Kier molecular flexibility index (Phi) is 3.80. The Hall–Kier alpha value is -2.25. The molecule has 0 saturated carbocycles. The van der Waals surface area contributed by atoms with E-state index >= 15 is 0 Å². The van der Waals surface area contributed by atoms with Crippen LogP contribution >= 0.6 is 0 Å². The van der Waals surface area contributed by atoms with E-state index in [0.29, 0.717) is 0 Å². The quantitative estimate of drug-likeness (QED) is 0.257. The Balaban J connectivity index is 2.47. The van der Waals surface area contributed by atoms with Crippen molar-refractivity contribution in [1.29, 1.82) is 0 Å². The van der Waals surface area contributed by atoms with E-state index in [-0.39, 0.29) is 6.54 Å². The van der Waals surface area contributed by atoms with Crippen molar-refractivity contribution in [2.24, 2.45) is 10.2 Å². The van der Waals surface area contributed by atoms with Crippen LogP contribution in [0.1, 0.15) is 13.8 Å². The lowest BCUT2D eigenvalue weighted by atomic mass is 9.86. The second kappa shape index (κ2) is 5.27. The Morgan fingerprint density at radius 1 is 1.38 bits per heavy atom. The van der Waals surface area contributed by atoms with Gasteiger partial charge in [-0.1, -0.05) is 16.8 Å². The van der Waals surface area contributed by atoms with Crippen molar-refractivity contribution in [3.05, 3.63) is 33.5 Å². The van der Waals surface area contributed by atoms with Crippen molar-refractivity contribution in [1.82, 2.24) is 0 Å². The Morgan fingerprint density at radius 3 is 2.67 bits per heavy atom. The zero-order valence-corrected chi connectivity index (χ0v) is 11.5. The van der Waals surface area contributed by atoms with Crippen LogP contribution in [0.4, 0.5) is 0 Å². The Labute approximate surface area is 119 Å². The van der Waals surface area contributed by atoms with Gasteiger partial charge in [0.15, 0.2) is 17.4 Å². The first-order valence-electron chi connectivity index (χ1n) is 6.16. The van der Waals surface area contributed by atoms with Crippen LogP contribution in [0.3, 0.4) is 0 Å². The largest absolute Gasteiger partial charge is 0.451 e. The molecule has 2 unspecified atom stereocenters. The maximum absolute atomic E-state index is 12.1. The van der Waals surface area contributed by atoms with Gasteiger partial charge in [-0.3, -0.25) is 4.79 Å². The Bertz CT molecular complexity index is 565. The number of rotatable bonds is 4. The lowest BCUT2D eigenvalue weighted by Crippen LogP contribution is -2.61. The summed E-state index contributed by atoms with van der Waals surface area (Å²) in [4.78, 5) is 17.4. The topological polar surface area (TPSA) is 142 Å². The number of nitrogens with zero attached hydrogens (tertiary/aromatic N) is 6. The van der Waals surface area contributed by atoms with Gasteiger partial charge in [-0.25, -0.2) is 0 Å². The van der Waals surface area contributed by atoms with Crippen molar-refractivity contribution in [2.75, 3.05) is 6.54 Å². The molecule has 0 amide bonds. The molecule has 4 atom stereocenters. The summed E-state index contributed by atoms with van der Waals surface area (Å²) in [6.07, 6.45) is -0.290. The standard InChI is InChI=1S/C11H14N6O4/c1-4-11(5-14-16-12)8-7(19-10(2,3)20-8)6(15-17-13)9(18)21-11/h4,6-8H,1,5H2,2-3H3/t6-,7?,8-,11?/m1/s1. The summed E-state index contributed by atoms with van der Waals surface area (Å²) in [7, 11) is 0. The summed E-state index contributed by atoms with van der Waals surface area (Å²) in [6, 6.07) is -1.17. The summed E-state index contributed by atoms with van der Waals surface area (Å²) in [5.74, 6) is -1.78. The molecule has 0 aromatic heterocycles. The average molecular weight is 294 g/mol. The van der Waals surface area contributed by atoms with E-state index in [9.17, 15) is 4.79 Å². The minimum absolute atomic E-state index is 0.192. The number of ether oxygens (including phenoxy) is 3. The predicted molar refractivity (Wildman–Crippen MR) is 69.8 cm³/mol. The number of carbonyl (C=O) groups excluding carboxylic acids is 1. The van der Waals surface area contributed by atoms with Crippen LogP contribution in [0.5, 0.6) is 0 Å². The average Bonchev–Trinajstić information content (AvgIpc) is 2.76. The van der Waals surface area contributed by atoms with E-state index in [1.165, 1.54) is 6.08 Å². The van der Waals surface area contributed by atoms with Gasteiger partial charge in [-0.15, -0.1) is 0 Å². The van der Waals surface area contributed by atoms with Gasteiger partial charge in [0.25, 0.3) is 0 Å². The van der Waals surface area contributed by atoms with E-state index in [1.807, 2.05) is 0 Å². The molecule has 2 rings (SSSR count). The van der Waals surface area contributed by atoms with Crippen LogP contribution in [0.2, 0.25) is 0 Å². The third-order valence-electron chi connectivity index (χ3n) is 3.36. The molecule has 112 valence electrons. The number of carbonyl (C=O) groups is 1. The normalized spacial score (nSPS) is 36.7. The minimum atomic E-state index is -1.36. The molecule has 2 aliphatic rings. The first kappa shape index (κ1) is 15.1. The van der Waals surface area contributed by atoms with E-state index in [1.54, 1.807) is 13.8 Å². The molecule has 0 aromatic rings. The smallest absolute Gasteiger partial charge is 0.318 e. The number of hydrogen-bond donors (Lipinski definition) is 0. The van der Waals surface area contributed by atoms with Crippen LogP contribution in [0.15, 0.2) is 22.9 Å². The zero-order chi connectivity index (χ0) is 15.7. The lowest BCUT2D eigenvalue weighted by Gasteiger charge is -2.41. The van der Waals surface area contributed by atoms with Crippen LogP contribution in [-0.2, 0) is 19.0 Å². The van der Waals surface area contributed by atoms with Gasteiger partial charge >= 0.3 is 5.97 Å². The van der Waals surface area contributed by atoms with E-state index < -0.39 is 35.6 Å². The van der Waals surface area contributed by atoms with Gasteiger partial charge < -0.3 is 14.2 Å². The van der Waals surface area contributed by atoms with Crippen molar-refractivity contribution in [2.45, 2.75) is 43.5 Å². The molecule has 0 radical (unpaired) electrons. The molecule has 0 aromatic carbocycles. The second-order valence-electron chi connectivity index (χ2n) is 5.14. The predicted octanol–water partition coefficient (Wildman–Crippen LogP) is 1.98. The first-order chi connectivity index (χ1) is 9.89. The molecule has 2 saturated heterocycles. The maximum atomic E-state index is 12.1. The fourth-order valence-corrected chi connectivity index (χ4v) is 2.49. The highest BCUT2D eigenvalue weighted by atomic mass is 16.8. The van der Waals surface area contributed by atoms with Crippen molar-refractivity contribution >= 4 is 5.97 Å². The minimum Gasteiger partial charge on any atom is -0.451 e. The number of azide groups is 2. The molecule has 2 aliphatic heterocycles. The van der Waals surface area contributed by atoms with Crippen molar-refractivity contribution in [3.8, 4) is 0 Å². The second-order valence-corrected chi connectivity index (χ2v) is 5.14. The van der Waals surface area contributed by atoms with Gasteiger partial charge in [-0.2, -0.15) is 0 Å². The molecule has 10 nitrogen and oxygen atoms in total. The first-order valence-corrected chi connectivity index (χ1v) is 6.16. The van der Waals surface area contributed by atoms with E-state index in [2.05, 4.69) is 26.6 Å².